The molecule has 2 heterocycles. The highest BCUT2D eigenvalue weighted by Crippen LogP contribution is 2.09. The zero-order chi connectivity index (χ0) is 10.7. The number of aryl methyl sites for hydroxylation is 2. The van der Waals surface area contributed by atoms with Gasteiger partial charge in [0.1, 0.15) is 0 Å². The van der Waals surface area contributed by atoms with Crippen LogP contribution in [0.5, 0.6) is 0 Å². The van der Waals surface area contributed by atoms with Crippen molar-refractivity contribution in [2.45, 2.75) is 26.9 Å². The third-order valence-electron chi connectivity index (χ3n) is 2.98. The van der Waals surface area contributed by atoms with E-state index in [2.05, 4.69) is 35.4 Å². The van der Waals surface area contributed by atoms with E-state index in [0.29, 0.717) is 0 Å². The predicted octanol–water partition coefficient (Wildman–Crippen LogP) is 0.617. The Morgan fingerprint density at radius 1 is 1.40 bits per heavy atom. The minimum Gasteiger partial charge on any atom is -0.314 e. The Kier molecular flexibility index (Phi) is 3.38. The maximum atomic E-state index is 4.47. The van der Waals surface area contributed by atoms with Crippen molar-refractivity contribution < 1.29 is 0 Å². The molecule has 0 spiro atoms. The van der Waals surface area contributed by atoms with Crippen LogP contribution in [0.15, 0.2) is 6.20 Å². The lowest BCUT2D eigenvalue weighted by molar-refractivity contribution is 0.233. The van der Waals surface area contributed by atoms with Crippen molar-refractivity contribution in [2.24, 2.45) is 0 Å². The zero-order valence-corrected chi connectivity index (χ0v) is 9.66. The quantitative estimate of drug-likeness (QED) is 0.790. The standard InChI is InChI=1S/C11H20N4/c1-3-15-9-11(10(2)13-15)8-14-6-4-12-5-7-14/h9,12H,3-8H2,1-2H3. The maximum Gasteiger partial charge on any atom is 0.0638 e. The largest absolute Gasteiger partial charge is 0.314 e. The number of nitrogens with zero attached hydrogens (tertiary/aromatic N) is 3. The van der Waals surface area contributed by atoms with Crippen LogP contribution in [0.25, 0.3) is 0 Å². The second-order valence-electron chi connectivity index (χ2n) is 4.12. The molecule has 15 heavy (non-hydrogen) atoms. The van der Waals surface area contributed by atoms with Crippen LogP contribution in [0.1, 0.15) is 18.2 Å². The summed E-state index contributed by atoms with van der Waals surface area (Å²) in [7, 11) is 0. The topological polar surface area (TPSA) is 33.1 Å². The molecule has 0 atom stereocenters. The summed E-state index contributed by atoms with van der Waals surface area (Å²) in [5.41, 5.74) is 2.55. The Labute approximate surface area is 91.3 Å². The summed E-state index contributed by atoms with van der Waals surface area (Å²) in [6.07, 6.45) is 2.18. The molecule has 1 N–H and O–H groups in total. The van der Waals surface area contributed by atoms with Crippen LogP contribution in [-0.2, 0) is 13.1 Å². The van der Waals surface area contributed by atoms with E-state index in [0.717, 1.165) is 39.3 Å². The average molecular weight is 208 g/mol. The Morgan fingerprint density at radius 2 is 2.13 bits per heavy atom. The van der Waals surface area contributed by atoms with Gasteiger partial charge in [0.05, 0.1) is 5.69 Å². The molecule has 1 saturated heterocycles. The maximum absolute atomic E-state index is 4.47. The average Bonchev–Trinajstić information content (AvgIpc) is 2.61. The van der Waals surface area contributed by atoms with E-state index in [1.807, 2.05) is 4.68 Å². The lowest BCUT2D eigenvalue weighted by atomic mass is 10.2. The first-order valence-corrected chi connectivity index (χ1v) is 5.75. The van der Waals surface area contributed by atoms with Gasteiger partial charge in [-0.05, 0) is 13.8 Å². The van der Waals surface area contributed by atoms with Crippen molar-refractivity contribution in [3.05, 3.63) is 17.5 Å². The van der Waals surface area contributed by atoms with Gasteiger partial charge in [0.2, 0.25) is 0 Å². The van der Waals surface area contributed by atoms with Crippen molar-refractivity contribution >= 4 is 0 Å². The van der Waals surface area contributed by atoms with E-state index >= 15 is 0 Å². The molecule has 0 amide bonds. The number of hydrogen-bond donors (Lipinski definition) is 1. The minimum atomic E-state index is 0.961. The number of piperazine rings is 1. The van der Waals surface area contributed by atoms with Crippen molar-refractivity contribution in [1.29, 1.82) is 0 Å². The molecule has 0 radical (unpaired) electrons. The molecule has 1 aromatic heterocycles. The number of rotatable bonds is 3. The summed E-state index contributed by atoms with van der Waals surface area (Å²) < 4.78 is 2.02. The molecule has 0 aliphatic carbocycles. The molecule has 0 aromatic carbocycles. The van der Waals surface area contributed by atoms with Crippen molar-refractivity contribution in [1.82, 2.24) is 20.0 Å². The molecular formula is C11H20N4. The molecule has 4 heteroatoms. The number of aromatic nitrogens is 2. The van der Waals surface area contributed by atoms with Gasteiger partial charge < -0.3 is 5.32 Å². The van der Waals surface area contributed by atoms with Gasteiger partial charge in [-0.25, -0.2) is 0 Å². The van der Waals surface area contributed by atoms with E-state index in [1.165, 1.54) is 11.3 Å². The monoisotopic (exact) mass is 208 g/mol. The molecular weight excluding hydrogens is 188 g/mol. The van der Waals surface area contributed by atoms with Crippen LogP contribution in [0.3, 0.4) is 0 Å². The second kappa shape index (κ2) is 4.77. The fourth-order valence-corrected chi connectivity index (χ4v) is 1.99. The lowest BCUT2D eigenvalue weighted by Gasteiger charge is -2.26. The molecule has 1 aromatic rings. The molecule has 0 unspecified atom stereocenters. The van der Waals surface area contributed by atoms with Gasteiger partial charge in [0, 0.05) is 51.0 Å². The van der Waals surface area contributed by atoms with Crippen LogP contribution in [-0.4, -0.2) is 40.9 Å². The smallest absolute Gasteiger partial charge is 0.0638 e. The Balaban J connectivity index is 1.99. The van der Waals surface area contributed by atoms with Crippen molar-refractivity contribution in [3.63, 3.8) is 0 Å². The summed E-state index contributed by atoms with van der Waals surface area (Å²) in [4.78, 5) is 2.49. The van der Waals surface area contributed by atoms with Crippen LogP contribution < -0.4 is 5.32 Å². The summed E-state index contributed by atoms with van der Waals surface area (Å²) >= 11 is 0. The summed E-state index contributed by atoms with van der Waals surface area (Å²) in [6.45, 7) is 10.8. The fraction of sp³-hybridized carbons (Fsp3) is 0.727. The predicted molar refractivity (Wildman–Crippen MR) is 60.8 cm³/mol. The van der Waals surface area contributed by atoms with E-state index < -0.39 is 0 Å². The molecule has 4 nitrogen and oxygen atoms in total. The van der Waals surface area contributed by atoms with Crippen molar-refractivity contribution in [3.8, 4) is 0 Å². The Morgan fingerprint density at radius 3 is 2.73 bits per heavy atom. The first kappa shape index (κ1) is 10.6. The summed E-state index contributed by atoms with van der Waals surface area (Å²) in [5.74, 6) is 0. The normalized spacial score (nSPS) is 18.3. The minimum absolute atomic E-state index is 0.961. The molecule has 1 aliphatic rings. The van der Waals surface area contributed by atoms with Gasteiger partial charge >= 0.3 is 0 Å². The van der Waals surface area contributed by atoms with E-state index in [1.54, 1.807) is 0 Å². The van der Waals surface area contributed by atoms with Gasteiger partial charge in [0.25, 0.3) is 0 Å². The van der Waals surface area contributed by atoms with Crippen LogP contribution >= 0.6 is 0 Å². The molecule has 2 rings (SSSR count). The van der Waals surface area contributed by atoms with Crippen LogP contribution in [0, 0.1) is 6.92 Å². The highest BCUT2D eigenvalue weighted by atomic mass is 15.3. The van der Waals surface area contributed by atoms with E-state index in [-0.39, 0.29) is 0 Å². The summed E-state index contributed by atoms with van der Waals surface area (Å²) in [6, 6.07) is 0. The highest BCUT2D eigenvalue weighted by Gasteiger charge is 2.12. The van der Waals surface area contributed by atoms with Gasteiger partial charge in [-0.2, -0.15) is 5.10 Å². The van der Waals surface area contributed by atoms with Crippen molar-refractivity contribution in [2.75, 3.05) is 26.2 Å². The van der Waals surface area contributed by atoms with Crippen LogP contribution in [0.2, 0.25) is 0 Å². The first-order chi connectivity index (χ1) is 7.29. The number of hydrogen-bond acceptors (Lipinski definition) is 3. The second-order valence-corrected chi connectivity index (χ2v) is 4.12. The Bertz CT molecular complexity index is 312. The Hall–Kier alpha value is -0.870. The highest BCUT2D eigenvalue weighted by molar-refractivity contribution is 5.15. The molecule has 84 valence electrons. The van der Waals surface area contributed by atoms with Gasteiger partial charge in [-0.1, -0.05) is 0 Å². The third-order valence-corrected chi connectivity index (χ3v) is 2.98. The molecule has 1 fully saturated rings. The third kappa shape index (κ3) is 2.58. The van der Waals surface area contributed by atoms with E-state index in [9.17, 15) is 0 Å². The SMILES string of the molecule is CCn1cc(CN2CCNCC2)c(C)n1. The number of nitrogens with one attached hydrogen (secondary N) is 1. The van der Waals surface area contributed by atoms with Gasteiger partial charge in [-0.15, -0.1) is 0 Å². The van der Waals surface area contributed by atoms with E-state index in [4.69, 9.17) is 0 Å². The molecule has 1 aliphatic heterocycles. The summed E-state index contributed by atoms with van der Waals surface area (Å²) in [5, 5.41) is 7.84. The fourth-order valence-electron chi connectivity index (χ4n) is 1.99. The zero-order valence-electron chi connectivity index (χ0n) is 9.66. The molecule has 0 saturated carbocycles. The van der Waals surface area contributed by atoms with Gasteiger partial charge in [0.15, 0.2) is 0 Å². The lowest BCUT2D eigenvalue weighted by Crippen LogP contribution is -2.42. The van der Waals surface area contributed by atoms with Crippen LogP contribution in [0.4, 0.5) is 0 Å². The van der Waals surface area contributed by atoms with Gasteiger partial charge in [-0.3, -0.25) is 9.58 Å². The first-order valence-electron chi connectivity index (χ1n) is 5.75. The molecule has 0 bridgehead atoms.